The molecule has 0 aliphatic carbocycles. The van der Waals surface area contributed by atoms with Gasteiger partial charge in [-0.2, -0.15) is 0 Å². The number of hydrogen-bond donors (Lipinski definition) is 1. The molecule has 108 valence electrons. The van der Waals surface area contributed by atoms with Gasteiger partial charge in [-0.3, -0.25) is 0 Å². The zero-order chi connectivity index (χ0) is 14.4. The highest BCUT2D eigenvalue weighted by Gasteiger charge is 2.13. The van der Waals surface area contributed by atoms with E-state index in [1.165, 1.54) is 11.3 Å². The molecule has 0 saturated carbocycles. The summed E-state index contributed by atoms with van der Waals surface area (Å²) in [4.78, 5) is 4.63. The highest BCUT2D eigenvalue weighted by molar-refractivity contribution is 9.10. The van der Waals surface area contributed by atoms with Crippen LogP contribution in [0.3, 0.4) is 0 Å². The van der Waals surface area contributed by atoms with Crippen molar-refractivity contribution in [2.45, 2.75) is 26.3 Å². The van der Waals surface area contributed by atoms with Crippen LogP contribution in [0.1, 0.15) is 31.9 Å². The number of benzene rings is 1. The molecule has 1 unspecified atom stereocenters. The Bertz CT molecular complexity index is 391. The first kappa shape index (κ1) is 16.5. The molecule has 1 atom stereocenters. The van der Waals surface area contributed by atoms with E-state index in [-0.39, 0.29) is 6.04 Å². The van der Waals surface area contributed by atoms with Crippen LogP contribution >= 0.6 is 15.9 Å². The maximum Gasteiger partial charge on any atom is 0.0425 e. The predicted molar refractivity (Wildman–Crippen MR) is 87.8 cm³/mol. The number of nitrogens with two attached hydrogens (primary N) is 1. The summed E-state index contributed by atoms with van der Waals surface area (Å²) in [5, 5.41) is 0. The number of anilines is 1. The SMILES string of the molecule is CCN(CCCN(C)C)c1cc(Br)ccc1C(C)N. The zero-order valence-corrected chi connectivity index (χ0v) is 14.1. The van der Waals surface area contributed by atoms with Crippen molar-refractivity contribution in [2.24, 2.45) is 5.73 Å². The van der Waals surface area contributed by atoms with Gasteiger partial charge in [0.25, 0.3) is 0 Å². The molecule has 1 rings (SSSR count). The van der Waals surface area contributed by atoms with Gasteiger partial charge >= 0.3 is 0 Å². The van der Waals surface area contributed by atoms with Gasteiger partial charge in [-0.25, -0.2) is 0 Å². The second-order valence-electron chi connectivity index (χ2n) is 5.23. The third kappa shape index (κ3) is 5.13. The number of nitrogens with zero attached hydrogens (tertiary/aromatic N) is 2. The maximum atomic E-state index is 6.08. The Balaban J connectivity index is 2.87. The Morgan fingerprint density at radius 1 is 1.26 bits per heavy atom. The Morgan fingerprint density at radius 2 is 1.95 bits per heavy atom. The molecule has 0 radical (unpaired) electrons. The standard InChI is InChI=1S/C15H26BrN3/c1-5-19(10-6-9-18(3)4)15-11-13(16)7-8-14(15)12(2)17/h7-8,11-12H,5-6,9-10,17H2,1-4H3. The largest absolute Gasteiger partial charge is 0.371 e. The normalized spacial score (nSPS) is 12.8. The lowest BCUT2D eigenvalue weighted by atomic mass is 10.1. The molecule has 19 heavy (non-hydrogen) atoms. The molecule has 2 N–H and O–H groups in total. The van der Waals surface area contributed by atoms with E-state index in [1.807, 2.05) is 6.92 Å². The van der Waals surface area contributed by atoms with E-state index >= 15 is 0 Å². The van der Waals surface area contributed by atoms with Crippen molar-refractivity contribution < 1.29 is 0 Å². The molecule has 0 fully saturated rings. The molecular formula is C15H26BrN3. The summed E-state index contributed by atoms with van der Waals surface area (Å²) in [5.41, 5.74) is 8.56. The van der Waals surface area contributed by atoms with E-state index in [2.05, 4.69) is 64.9 Å². The van der Waals surface area contributed by atoms with Gasteiger partial charge in [0.2, 0.25) is 0 Å². The fourth-order valence-electron chi connectivity index (χ4n) is 2.20. The van der Waals surface area contributed by atoms with Crippen molar-refractivity contribution in [3.63, 3.8) is 0 Å². The minimum absolute atomic E-state index is 0.0611. The van der Waals surface area contributed by atoms with Gasteiger partial charge in [-0.15, -0.1) is 0 Å². The average Bonchev–Trinajstić information content (AvgIpc) is 2.33. The first-order chi connectivity index (χ1) is 8.95. The first-order valence-corrected chi connectivity index (χ1v) is 7.69. The Kier molecular flexibility index (Phi) is 6.83. The summed E-state index contributed by atoms with van der Waals surface area (Å²) >= 11 is 3.56. The van der Waals surface area contributed by atoms with Crippen LogP contribution in [-0.2, 0) is 0 Å². The van der Waals surface area contributed by atoms with Crippen LogP contribution in [0.15, 0.2) is 22.7 Å². The van der Waals surface area contributed by atoms with Crippen LogP contribution < -0.4 is 10.6 Å². The zero-order valence-electron chi connectivity index (χ0n) is 12.5. The quantitative estimate of drug-likeness (QED) is 0.834. The molecule has 0 aromatic heterocycles. The third-order valence-electron chi connectivity index (χ3n) is 3.24. The molecule has 0 amide bonds. The van der Waals surface area contributed by atoms with Crippen molar-refractivity contribution in [3.05, 3.63) is 28.2 Å². The summed E-state index contributed by atoms with van der Waals surface area (Å²) in [6.45, 7) is 7.41. The second kappa shape index (κ2) is 7.88. The molecular weight excluding hydrogens is 302 g/mol. The summed E-state index contributed by atoms with van der Waals surface area (Å²) < 4.78 is 1.11. The Labute approximate surface area is 125 Å². The highest BCUT2D eigenvalue weighted by atomic mass is 79.9. The van der Waals surface area contributed by atoms with Gasteiger partial charge in [0.05, 0.1) is 0 Å². The highest BCUT2D eigenvalue weighted by Crippen LogP contribution is 2.29. The smallest absolute Gasteiger partial charge is 0.0425 e. The molecule has 3 nitrogen and oxygen atoms in total. The Hall–Kier alpha value is -0.580. The number of halogens is 1. The lowest BCUT2D eigenvalue weighted by Gasteiger charge is -2.27. The van der Waals surface area contributed by atoms with E-state index in [9.17, 15) is 0 Å². The molecule has 0 bridgehead atoms. The van der Waals surface area contributed by atoms with Gasteiger partial charge in [0, 0.05) is 29.3 Å². The lowest BCUT2D eigenvalue weighted by Crippen LogP contribution is -2.28. The molecule has 0 saturated heterocycles. The van der Waals surface area contributed by atoms with E-state index in [0.29, 0.717) is 0 Å². The maximum absolute atomic E-state index is 6.08. The first-order valence-electron chi connectivity index (χ1n) is 6.90. The van der Waals surface area contributed by atoms with Gasteiger partial charge in [-0.05, 0) is 58.6 Å². The van der Waals surface area contributed by atoms with Gasteiger partial charge in [0.1, 0.15) is 0 Å². The fourth-order valence-corrected chi connectivity index (χ4v) is 2.55. The topological polar surface area (TPSA) is 32.5 Å². The van der Waals surface area contributed by atoms with Gasteiger partial charge in [-0.1, -0.05) is 22.0 Å². The Morgan fingerprint density at radius 3 is 2.47 bits per heavy atom. The number of rotatable bonds is 7. The predicted octanol–water partition coefficient (Wildman–Crippen LogP) is 3.25. The van der Waals surface area contributed by atoms with Crippen molar-refractivity contribution >= 4 is 21.6 Å². The summed E-state index contributed by atoms with van der Waals surface area (Å²) in [6.07, 6.45) is 1.16. The van der Waals surface area contributed by atoms with E-state index in [4.69, 9.17) is 5.73 Å². The third-order valence-corrected chi connectivity index (χ3v) is 3.73. The van der Waals surface area contributed by atoms with Crippen molar-refractivity contribution in [1.82, 2.24) is 4.90 Å². The summed E-state index contributed by atoms with van der Waals surface area (Å²) in [7, 11) is 4.23. The molecule has 0 aliphatic heterocycles. The second-order valence-corrected chi connectivity index (χ2v) is 6.14. The number of hydrogen-bond acceptors (Lipinski definition) is 3. The van der Waals surface area contributed by atoms with Gasteiger partial charge in [0.15, 0.2) is 0 Å². The van der Waals surface area contributed by atoms with Crippen LogP contribution in [0.4, 0.5) is 5.69 Å². The molecule has 4 heteroatoms. The van der Waals surface area contributed by atoms with E-state index in [0.717, 1.165) is 30.5 Å². The van der Waals surface area contributed by atoms with Crippen molar-refractivity contribution in [1.29, 1.82) is 0 Å². The molecule has 0 heterocycles. The van der Waals surface area contributed by atoms with Crippen molar-refractivity contribution in [3.8, 4) is 0 Å². The molecule has 1 aromatic carbocycles. The van der Waals surface area contributed by atoms with Crippen LogP contribution in [0.25, 0.3) is 0 Å². The summed E-state index contributed by atoms with van der Waals surface area (Å²) in [6, 6.07) is 6.43. The molecule has 1 aromatic rings. The molecule has 0 spiro atoms. The van der Waals surface area contributed by atoms with E-state index < -0.39 is 0 Å². The van der Waals surface area contributed by atoms with Crippen LogP contribution in [0.5, 0.6) is 0 Å². The van der Waals surface area contributed by atoms with Gasteiger partial charge < -0.3 is 15.5 Å². The average molecular weight is 328 g/mol. The van der Waals surface area contributed by atoms with Crippen LogP contribution in [-0.4, -0.2) is 38.6 Å². The fraction of sp³-hybridized carbons (Fsp3) is 0.600. The van der Waals surface area contributed by atoms with E-state index in [1.54, 1.807) is 0 Å². The summed E-state index contributed by atoms with van der Waals surface area (Å²) in [5.74, 6) is 0. The monoisotopic (exact) mass is 327 g/mol. The minimum Gasteiger partial charge on any atom is -0.371 e. The minimum atomic E-state index is 0.0611. The van der Waals surface area contributed by atoms with Crippen LogP contribution in [0, 0.1) is 0 Å². The van der Waals surface area contributed by atoms with Crippen LogP contribution in [0.2, 0.25) is 0 Å². The molecule has 0 aliphatic rings. The van der Waals surface area contributed by atoms with Crippen molar-refractivity contribution in [2.75, 3.05) is 38.6 Å². The lowest BCUT2D eigenvalue weighted by molar-refractivity contribution is 0.400.